The minimum Gasteiger partial charge on any atom is -0.375 e. The molecule has 0 bridgehead atoms. The van der Waals surface area contributed by atoms with Gasteiger partial charge in [0.25, 0.3) is 5.56 Å². The number of hydrogen-bond donors (Lipinski definition) is 1. The molecular weight excluding hydrogens is 271 g/mol. The third kappa shape index (κ3) is 1.79. The van der Waals surface area contributed by atoms with E-state index in [1.165, 1.54) is 6.20 Å². The highest BCUT2D eigenvalue weighted by atomic mass is 35.5. The van der Waals surface area contributed by atoms with Gasteiger partial charge in [0.2, 0.25) is 0 Å². The predicted octanol–water partition coefficient (Wildman–Crippen LogP) is 1.89. The second-order valence-electron chi connectivity index (χ2n) is 2.97. The van der Waals surface area contributed by atoms with E-state index in [-0.39, 0.29) is 10.0 Å². The number of nitrogens with zero attached hydrogens (tertiary/aromatic N) is 3. The van der Waals surface area contributed by atoms with Crippen LogP contribution in [-0.2, 0) is 0 Å². The van der Waals surface area contributed by atoms with Crippen LogP contribution in [0, 0.1) is 6.92 Å². The molecule has 0 aliphatic heterocycles. The van der Waals surface area contributed by atoms with Crippen molar-refractivity contribution in [3.8, 4) is 5.00 Å². The first kappa shape index (κ1) is 11.4. The van der Waals surface area contributed by atoms with Gasteiger partial charge in [0.1, 0.15) is 10.0 Å². The standard InChI is InChI=1S/C8H6Cl2N4OS/c1-3-7(16-8(11)13-3)14-6(15)5(10)4(9)2-12-14/h2H,1H3,(H2,11,13). The van der Waals surface area contributed by atoms with Crippen LogP contribution in [0.25, 0.3) is 5.00 Å². The molecule has 0 unspecified atom stereocenters. The fourth-order valence-corrected chi connectivity index (χ4v) is 2.21. The number of nitrogen functional groups attached to an aromatic ring is 1. The Kier molecular flexibility index (Phi) is 2.88. The second-order valence-corrected chi connectivity index (χ2v) is 4.76. The van der Waals surface area contributed by atoms with Crippen LogP contribution in [0.5, 0.6) is 0 Å². The Hall–Kier alpha value is -1.11. The first-order chi connectivity index (χ1) is 7.50. The first-order valence-electron chi connectivity index (χ1n) is 4.17. The summed E-state index contributed by atoms with van der Waals surface area (Å²) in [5.41, 5.74) is 5.68. The molecule has 2 heterocycles. The number of aryl methyl sites for hydroxylation is 1. The van der Waals surface area contributed by atoms with Crippen LogP contribution in [-0.4, -0.2) is 14.8 Å². The molecule has 0 atom stereocenters. The molecule has 0 aliphatic carbocycles. The number of thiazole rings is 1. The number of anilines is 1. The number of nitrogens with two attached hydrogens (primary N) is 1. The van der Waals surface area contributed by atoms with E-state index < -0.39 is 5.56 Å². The average Bonchev–Trinajstić information content (AvgIpc) is 2.55. The van der Waals surface area contributed by atoms with E-state index in [0.717, 1.165) is 16.0 Å². The van der Waals surface area contributed by atoms with E-state index in [0.29, 0.717) is 15.8 Å². The molecule has 0 spiro atoms. The van der Waals surface area contributed by atoms with E-state index in [2.05, 4.69) is 10.1 Å². The van der Waals surface area contributed by atoms with Gasteiger partial charge in [-0.15, -0.1) is 0 Å². The van der Waals surface area contributed by atoms with Crippen LogP contribution >= 0.6 is 34.5 Å². The molecule has 84 valence electrons. The van der Waals surface area contributed by atoms with Crippen molar-refractivity contribution in [1.82, 2.24) is 14.8 Å². The van der Waals surface area contributed by atoms with E-state index in [4.69, 9.17) is 28.9 Å². The summed E-state index contributed by atoms with van der Waals surface area (Å²) < 4.78 is 1.14. The zero-order chi connectivity index (χ0) is 11.9. The number of halogens is 2. The molecule has 0 aliphatic rings. The third-order valence-electron chi connectivity index (χ3n) is 1.86. The van der Waals surface area contributed by atoms with E-state index in [1.54, 1.807) is 6.92 Å². The van der Waals surface area contributed by atoms with Crippen molar-refractivity contribution in [1.29, 1.82) is 0 Å². The van der Waals surface area contributed by atoms with Crippen molar-refractivity contribution >= 4 is 39.7 Å². The molecule has 0 saturated carbocycles. The number of rotatable bonds is 1. The fraction of sp³-hybridized carbons (Fsp3) is 0.125. The molecule has 2 aromatic rings. The highest BCUT2D eigenvalue weighted by Gasteiger charge is 2.13. The molecule has 0 fully saturated rings. The Labute approximate surface area is 104 Å². The van der Waals surface area contributed by atoms with Gasteiger partial charge in [0, 0.05) is 0 Å². The molecule has 2 N–H and O–H groups in total. The molecule has 0 radical (unpaired) electrons. The van der Waals surface area contributed by atoms with Gasteiger partial charge in [-0.3, -0.25) is 4.79 Å². The monoisotopic (exact) mass is 276 g/mol. The molecular formula is C8H6Cl2N4OS. The number of hydrogen-bond acceptors (Lipinski definition) is 5. The minimum absolute atomic E-state index is 0.0666. The Morgan fingerprint density at radius 1 is 1.50 bits per heavy atom. The van der Waals surface area contributed by atoms with Crippen molar-refractivity contribution in [2.45, 2.75) is 6.92 Å². The van der Waals surface area contributed by atoms with Crippen molar-refractivity contribution < 1.29 is 0 Å². The molecule has 2 rings (SSSR count). The summed E-state index contributed by atoms with van der Waals surface area (Å²) in [6.07, 6.45) is 1.31. The summed E-state index contributed by atoms with van der Waals surface area (Å²) in [7, 11) is 0. The topological polar surface area (TPSA) is 73.8 Å². The van der Waals surface area contributed by atoms with E-state index >= 15 is 0 Å². The highest BCUT2D eigenvalue weighted by molar-refractivity contribution is 7.17. The highest BCUT2D eigenvalue weighted by Crippen LogP contribution is 2.23. The predicted molar refractivity (Wildman–Crippen MR) is 64.7 cm³/mol. The maximum absolute atomic E-state index is 11.8. The van der Waals surface area contributed by atoms with Crippen molar-refractivity contribution in [2.24, 2.45) is 0 Å². The zero-order valence-electron chi connectivity index (χ0n) is 8.07. The Bertz CT molecular complexity index is 607. The molecule has 16 heavy (non-hydrogen) atoms. The van der Waals surface area contributed by atoms with Gasteiger partial charge >= 0.3 is 0 Å². The first-order valence-corrected chi connectivity index (χ1v) is 5.74. The molecule has 0 amide bonds. The van der Waals surface area contributed by atoms with Crippen molar-refractivity contribution in [3.05, 3.63) is 32.3 Å². The van der Waals surface area contributed by atoms with Gasteiger partial charge in [0.05, 0.1) is 16.9 Å². The summed E-state index contributed by atoms with van der Waals surface area (Å²) >= 11 is 12.6. The van der Waals surface area contributed by atoms with Crippen LogP contribution in [0.3, 0.4) is 0 Å². The van der Waals surface area contributed by atoms with E-state index in [1.807, 2.05) is 0 Å². The molecule has 0 aromatic carbocycles. The summed E-state index contributed by atoms with van der Waals surface area (Å²) in [5, 5.41) is 4.85. The van der Waals surface area contributed by atoms with Crippen LogP contribution in [0.4, 0.5) is 5.13 Å². The van der Waals surface area contributed by atoms with Crippen LogP contribution in [0.1, 0.15) is 5.69 Å². The van der Waals surface area contributed by atoms with Gasteiger partial charge in [-0.25, -0.2) is 4.98 Å². The smallest absolute Gasteiger partial charge is 0.292 e. The largest absolute Gasteiger partial charge is 0.375 e. The fourth-order valence-electron chi connectivity index (χ4n) is 1.16. The van der Waals surface area contributed by atoms with E-state index in [9.17, 15) is 4.79 Å². The Morgan fingerprint density at radius 3 is 2.75 bits per heavy atom. The average molecular weight is 277 g/mol. The minimum atomic E-state index is -0.485. The lowest BCUT2D eigenvalue weighted by molar-refractivity contribution is 0.812. The second kappa shape index (κ2) is 4.04. The summed E-state index contributed by atoms with van der Waals surface area (Å²) in [4.78, 5) is 15.8. The zero-order valence-corrected chi connectivity index (χ0v) is 10.4. The summed E-state index contributed by atoms with van der Waals surface area (Å²) in [6, 6.07) is 0. The SMILES string of the molecule is Cc1nc(N)sc1-n1ncc(Cl)c(Cl)c1=O. The van der Waals surface area contributed by atoms with Crippen LogP contribution in [0.2, 0.25) is 10.0 Å². The van der Waals surface area contributed by atoms with Gasteiger partial charge in [-0.2, -0.15) is 9.78 Å². The molecule has 2 aromatic heterocycles. The van der Waals surface area contributed by atoms with Gasteiger partial charge in [-0.1, -0.05) is 34.5 Å². The number of aromatic nitrogens is 3. The maximum atomic E-state index is 11.8. The normalized spacial score (nSPS) is 10.7. The quantitative estimate of drug-likeness (QED) is 0.863. The van der Waals surface area contributed by atoms with Crippen molar-refractivity contribution in [3.63, 3.8) is 0 Å². The van der Waals surface area contributed by atoms with Crippen LogP contribution in [0.15, 0.2) is 11.0 Å². The lowest BCUT2D eigenvalue weighted by Crippen LogP contribution is -2.21. The lowest BCUT2D eigenvalue weighted by atomic mass is 10.5. The molecule has 5 nitrogen and oxygen atoms in total. The van der Waals surface area contributed by atoms with Gasteiger partial charge < -0.3 is 5.73 Å². The molecule has 0 saturated heterocycles. The van der Waals surface area contributed by atoms with Crippen molar-refractivity contribution in [2.75, 3.05) is 5.73 Å². The van der Waals surface area contributed by atoms with Gasteiger partial charge in [0.15, 0.2) is 5.13 Å². The maximum Gasteiger partial charge on any atom is 0.292 e. The molecule has 8 heteroatoms. The summed E-state index contributed by atoms with van der Waals surface area (Å²) in [6.45, 7) is 1.73. The third-order valence-corrected chi connectivity index (χ3v) is 3.57. The lowest BCUT2D eigenvalue weighted by Gasteiger charge is -2.02. The Morgan fingerprint density at radius 2 is 2.19 bits per heavy atom. The van der Waals surface area contributed by atoms with Gasteiger partial charge in [-0.05, 0) is 6.92 Å². The Balaban J connectivity index is 2.71. The summed E-state index contributed by atoms with van der Waals surface area (Å²) in [5.74, 6) is 0. The van der Waals surface area contributed by atoms with Crippen LogP contribution < -0.4 is 11.3 Å².